The predicted molar refractivity (Wildman–Crippen MR) is 196 cm³/mol. The molecule has 3 atom stereocenters. The average Bonchev–Trinajstić information content (AvgIpc) is 3.72. The molecule has 4 rings (SSSR count). The Labute approximate surface area is 284 Å². The second-order valence-corrected chi connectivity index (χ2v) is 13.0. The first-order valence-electron chi connectivity index (χ1n) is 16.8. The van der Waals surface area contributed by atoms with Crippen LogP contribution < -0.4 is 21.8 Å². The molecule has 258 valence electrons. The van der Waals surface area contributed by atoms with Crippen LogP contribution in [-0.2, 0) is 27.3 Å². The molecule has 0 aliphatic heterocycles. The Morgan fingerprint density at radius 2 is 1.17 bits per heavy atom. The Bertz CT molecular complexity index is 1350. The van der Waals surface area contributed by atoms with Gasteiger partial charge in [0.25, 0.3) is 5.91 Å². The zero-order chi connectivity index (χ0) is 35.7. The van der Waals surface area contributed by atoms with E-state index in [2.05, 4.69) is 35.2 Å². The molecule has 1 aliphatic rings. The zero-order valence-corrected chi connectivity index (χ0v) is 30.6. The third kappa shape index (κ3) is 14.6. The Balaban J connectivity index is 0.000000863. The standard InChI is InChI=1S/C29H40N4O3.C7H8.2C2H6/c1-27(2,3)32-23(18-21-15-11-8-12-16-21)26(35)36-33-25(34)22(17-20-13-9-7-10-14-20)31-24-19-29(24,6)28(4,5)30;1-7-5-3-2-4-6-7;2*1-2/h7-16,19,22-23,31-32H,17-18,30H2,1-6H3,(H,33,34);2-6H,1H3;2*1-2H3. The van der Waals surface area contributed by atoms with E-state index in [9.17, 15) is 9.59 Å². The fourth-order valence-electron chi connectivity index (χ4n) is 4.57. The second-order valence-electron chi connectivity index (χ2n) is 13.0. The van der Waals surface area contributed by atoms with Crippen LogP contribution in [0.4, 0.5) is 0 Å². The van der Waals surface area contributed by atoms with Gasteiger partial charge in [-0.05, 0) is 66.0 Å². The van der Waals surface area contributed by atoms with Crippen molar-refractivity contribution in [1.82, 2.24) is 16.1 Å². The third-order valence-corrected chi connectivity index (χ3v) is 7.54. The van der Waals surface area contributed by atoms with Crippen molar-refractivity contribution in [3.05, 3.63) is 119 Å². The Kier molecular flexibility index (Phi) is 17.2. The number of rotatable bonds is 10. The fraction of sp³-hybridized carbons (Fsp3) is 0.450. The molecule has 7 heteroatoms. The third-order valence-electron chi connectivity index (χ3n) is 7.54. The quantitative estimate of drug-likeness (QED) is 0.171. The minimum absolute atomic E-state index is 0.322. The van der Waals surface area contributed by atoms with Gasteiger partial charge in [-0.25, -0.2) is 4.79 Å². The summed E-state index contributed by atoms with van der Waals surface area (Å²) >= 11 is 0. The number of hydrogen-bond donors (Lipinski definition) is 4. The van der Waals surface area contributed by atoms with Crippen LogP contribution in [0.2, 0.25) is 0 Å². The average molecular weight is 645 g/mol. The maximum atomic E-state index is 13.2. The van der Waals surface area contributed by atoms with E-state index >= 15 is 0 Å². The molecule has 0 heterocycles. The summed E-state index contributed by atoms with van der Waals surface area (Å²) in [5.41, 5.74) is 11.8. The summed E-state index contributed by atoms with van der Waals surface area (Å²) in [6.45, 7) is 22.0. The van der Waals surface area contributed by atoms with E-state index in [-0.39, 0.29) is 11.0 Å². The number of carbonyl (C=O) groups is 2. The maximum Gasteiger partial charge on any atom is 0.349 e. The summed E-state index contributed by atoms with van der Waals surface area (Å²) in [4.78, 5) is 31.6. The van der Waals surface area contributed by atoms with Crippen LogP contribution in [0.5, 0.6) is 0 Å². The van der Waals surface area contributed by atoms with Crippen molar-refractivity contribution in [2.24, 2.45) is 11.1 Å². The summed E-state index contributed by atoms with van der Waals surface area (Å²) in [5.74, 6) is -0.967. The van der Waals surface area contributed by atoms with E-state index in [1.165, 1.54) is 5.56 Å². The van der Waals surface area contributed by atoms with Gasteiger partial charge < -0.3 is 15.9 Å². The van der Waals surface area contributed by atoms with Gasteiger partial charge in [-0.1, -0.05) is 130 Å². The molecule has 47 heavy (non-hydrogen) atoms. The number of carbonyl (C=O) groups excluding carboxylic acids is 2. The first kappa shape index (κ1) is 41.1. The van der Waals surface area contributed by atoms with Crippen LogP contribution in [0, 0.1) is 12.3 Å². The largest absolute Gasteiger partial charge is 0.376 e. The van der Waals surface area contributed by atoms with E-state index < -0.39 is 29.5 Å². The number of benzene rings is 3. The van der Waals surface area contributed by atoms with Crippen molar-refractivity contribution >= 4 is 11.9 Å². The molecular formula is C40H60N4O3. The van der Waals surface area contributed by atoms with E-state index in [0.29, 0.717) is 12.8 Å². The lowest BCUT2D eigenvalue weighted by atomic mass is 9.83. The van der Waals surface area contributed by atoms with Crippen molar-refractivity contribution in [3.8, 4) is 0 Å². The molecule has 0 spiro atoms. The van der Waals surface area contributed by atoms with Crippen molar-refractivity contribution in [2.75, 3.05) is 0 Å². The molecule has 0 bridgehead atoms. The molecule has 0 fully saturated rings. The second kappa shape index (κ2) is 19.7. The van der Waals surface area contributed by atoms with Crippen LogP contribution in [0.15, 0.2) is 103 Å². The molecule has 3 unspecified atom stereocenters. The Hall–Kier alpha value is -3.94. The minimum atomic E-state index is -0.640. The molecule has 0 radical (unpaired) electrons. The first-order chi connectivity index (χ1) is 22.2. The topological polar surface area (TPSA) is 105 Å². The molecule has 1 aliphatic carbocycles. The Morgan fingerprint density at radius 3 is 1.53 bits per heavy atom. The monoisotopic (exact) mass is 644 g/mol. The van der Waals surface area contributed by atoms with E-state index in [1.54, 1.807) is 0 Å². The SMILES string of the molecule is CC.CC.CC(C)(C)NC(Cc1ccccc1)C(=O)ONC(=O)C(Cc1ccccc1)NC1=CC1(C)C(C)(C)N.Cc1ccccc1. The summed E-state index contributed by atoms with van der Waals surface area (Å²) in [6, 6.07) is 28.4. The van der Waals surface area contributed by atoms with Crippen LogP contribution in [0.1, 0.15) is 85.9 Å². The highest BCUT2D eigenvalue weighted by atomic mass is 16.7. The van der Waals surface area contributed by atoms with Crippen LogP contribution in [-0.4, -0.2) is 35.0 Å². The number of hydrogen-bond acceptors (Lipinski definition) is 6. The normalized spacial score (nSPS) is 16.1. The molecule has 0 saturated carbocycles. The number of hydroxylamine groups is 1. The van der Waals surface area contributed by atoms with Gasteiger partial charge in [-0.2, -0.15) is 5.48 Å². The van der Waals surface area contributed by atoms with E-state index in [4.69, 9.17) is 10.6 Å². The lowest BCUT2D eigenvalue weighted by Gasteiger charge is -2.31. The highest BCUT2D eigenvalue weighted by molar-refractivity contribution is 5.84. The molecule has 3 aromatic carbocycles. The van der Waals surface area contributed by atoms with Crippen molar-refractivity contribution in [2.45, 2.75) is 112 Å². The molecule has 0 saturated heterocycles. The van der Waals surface area contributed by atoms with Gasteiger partial charge in [0.2, 0.25) is 0 Å². The van der Waals surface area contributed by atoms with Crippen molar-refractivity contribution < 1.29 is 14.4 Å². The molecular weight excluding hydrogens is 584 g/mol. The first-order valence-corrected chi connectivity index (χ1v) is 16.8. The zero-order valence-electron chi connectivity index (χ0n) is 30.6. The predicted octanol–water partition coefficient (Wildman–Crippen LogP) is 7.45. The van der Waals surface area contributed by atoms with Gasteiger partial charge >= 0.3 is 5.97 Å². The molecule has 7 nitrogen and oxygen atoms in total. The highest BCUT2D eigenvalue weighted by Gasteiger charge is 2.50. The fourth-order valence-corrected chi connectivity index (χ4v) is 4.57. The van der Waals surface area contributed by atoms with E-state index in [0.717, 1.165) is 16.8 Å². The minimum Gasteiger partial charge on any atom is -0.376 e. The lowest BCUT2D eigenvalue weighted by Crippen LogP contribution is -2.52. The lowest BCUT2D eigenvalue weighted by molar-refractivity contribution is -0.161. The van der Waals surface area contributed by atoms with Crippen molar-refractivity contribution in [3.63, 3.8) is 0 Å². The smallest absolute Gasteiger partial charge is 0.349 e. The molecule has 3 aromatic rings. The Morgan fingerprint density at radius 1 is 0.745 bits per heavy atom. The number of aryl methyl sites for hydroxylation is 1. The summed E-state index contributed by atoms with van der Waals surface area (Å²) in [6.07, 6.45) is 2.90. The van der Waals surface area contributed by atoms with Gasteiger partial charge in [0.15, 0.2) is 0 Å². The summed E-state index contributed by atoms with van der Waals surface area (Å²) in [5, 5.41) is 6.63. The van der Waals surface area contributed by atoms with Gasteiger partial charge in [-0.15, -0.1) is 0 Å². The number of nitrogens with one attached hydrogen (secondary N) is 3. The summed E-state index contributed by atoms with van der Waals surface area (Å²) < 4.78 is 0. The van der Waals surface area contributed by atoms with Gasteiger partial charge in [0.05, 0.1) is 0 Å². The van der Waals surface area contributed by atoms with Crippen molar-refractivity contribution in [1.29, 1.82) is 0 Å². The molecule has 0 aromatic heterocycles. The molecule has 5 N–H and O–H groups in total. The number of nitrogens with two attached hydrogens (primary N) is 1. The van der Waals surface area contributed by atoms with Crippen LogP contribution in [0.25, 0.3) is 0 Å². The van der Waals surface area contributed by atoms with Crippen LogP contribution in [0.3, 0.4) is 0 Å². The maximum absolute atomic E-state index is 13.2. The van der Waals surface area contributed by atoms with Gasteiger partial charge in [0.1, 0.15) is 12.1 Å². The number of amides is 1. The van der Waals surface area contributed by atoms with Gasteiger partial charge in [-0.3, -0.25) is 10.1 Å². The van der Waals surface area contributed by atoms with Gasteiger partial charge in [0, 0.05) is 28.6 Å². The van der Waals surface area contributed by atoms with Crippen LogP contribution >= 0.6 is 0 Å². The highest BCUT2D eigenvalue weighted by Crippen LogP contribution is 2.49. The summed E-state index contributed by atoms with van der Waals surface area (Å²) in [7, 11) is 0. The van der Waals surface area contributed by atoms with E-state index in [1.807, 2.05) is 154 Å². The molecule has 1 amide bonds.